The third-order valence-corrected chi connectivity index (χ3v) is 3.89. The highest BCUT2D eigenvalue weighted by atomic mass is 16.5. The van der Waals surface area contributed by atoms with Gasteiger partial charge in [-0.2, -0.15) is 0 Å². The highest BCUT2D eigenvalue weighted by molar-refractivity contribution is 6.07. The van der Waals surface area contributed by atoms with E-state index in [9.17, 15) is 9.59 Å². The lowest BCUT2D eigenvalue weighted by atomic mass is 10.1. The summed E-state index contributed by atoms with van der Waals surface area (Å²) in [7, 11) is 0. The van der Waals surface area contributed by atoms with Crippen LogP contribution in [0.25, 0.3) is 0 Å². The molecule has 2 N–H and O–H groups in total. The van der Waals surface area contributed by atoms with Crippen LogP contribution in [-0.4, -0.2) is 17.9 Å². The van der Waals surface area contributed by atoms with Gasteiger partial charge in [0.1, 0.15) is 5.75 Å². The van der Waals surface area contributed by atoms with Crippen LogP contribution in [0.15, 0.2) is 36.4 Å². The molecule has 0 aliphatic carbocycles. The number of aryl methyl sites for hydroxylation is 2. The van der Waals surface area contributed by atoms with E-state index in [2.05, 4.69) is 10.6 Å². The summed E-state index contributed by atoms with van der Waals surface area (Å²) in [5.41, 5.74) is 3.79. The van der Waals surface area contributed by atoms with E-state index < -0.39 is 6.10 Å². The Balaban J connectivity index is 1.87. The van der Waals surface area contributed by atoms with Crippen LogP contribution in [0.1, 0.15) is 28.4 Å². The number of fused-ring (bicyclic) bond motifs is 1. The Bertz CT molecular complexity index is 779. The molecule has 118 valence electrons. The van der Waals surface area contributed by atoms with Gasteiger partial charge in [-0.05, 0) is 50.1 Å². The third kappa shape index (κ3) is 2.90. The number of hydrogen-bond donors (Lipinski definition) is 2. The van der Waals surface area contributed by atoms with Gasteiger partial charge >= 0.3 is 0 Å². The van der Waals surface area contributed by atoms with Crippen molar-refractivity contribution in [2.75, 3.05) is 10.6 Å². The van der Waals surface area contributed by atoms with E-state index in [4.69, 9.17) is 4.74 Å². The molecule has 0 bridgehead atoms. The molecule has 23 heavy (non-hydrogen) atoms. The summed E-state index contributed by atoms with van der Waals surface area (Å²) in [4.78, 5) is 24.2. The molecule has 0 spiro atoms. The molecule has 2 amide bonds. The van der Waals surface area contributed by atoms with Gasteiger partial charge in [-0.1, -0.05) is 18.2 Å². The van der Waals surface area contributed by atoms with Gasteiger partial charge in [-0.3, -0.25) is 9.59 Å². The van der Waals surface area contributed by atoms with E-state index in [-0.39, 0.29) is 11.8 Å². The summed E-state index contributed by atoms with van der Waals surface area (Å²) in [6.45, 7) is 5.58. The minimum absolute atomic E-state index is 0.218. The van der Waals surface area contributed by atoms with Crippen molar-refractivity contribution in [1.29, 1.82) is 0 Å². The summed E-state index contributed by atoms with van der Waals surface area (Å²) in [5.74, 6) is 0.128. The van der Waals surface area contributed by atoms with Crippen LogP contribution in [0.3, 0.4) is 0 Å². The Morgan fingerprint density at radius 1 is 1.17 bits per heavy atom. The van der Waals surface area contributed by atoms with Gasteiger partial charge in [0, 0.05) is 11.3 Å². The SMILES string of the molecule is Cc1cccc(C)c1NC(=O)c1ccc2c(c1)NC(=O)C(C)O2. The van der Waals surface area contributed by atoms with Crippen molar-refractivity contribution in [3.63, 3.8) is 0 Å². The number of nitrogens with one attached hydrogen (secondary N) is 2. The molecule has 3 rings (SSSR count). The molecule has 2 aromatic rings. The van der Waals surface area contributed by atoms with Crippen LogP contribution in [0.5, 0.6) is 5.75 Å². The summed E-state index contributed by atoms with van der Waals surface area (Å²) < 4.78 is 5.49. The highest BCUT2D eigenvalue weighted by Gasteiger charge is 2.24. The van der Waals surface area contributed by atoms with Gasteiger partial charge in [0.2, 0.25) is 0 Å². The predicted molar refractivity (Wildman–Crippen MR) is 89.0 cm³/mol. The lowest BCUT2D eigenvalue weighted by Crippen LogP contribution is -2.34. The largest absolute Gasteiger partial charge is 0.479 e. The molecule has 1 heterocycles. The fraction of sp³-hybridized carbons (Fsp3) is 0.222. The molecule has 0 saturated heterocycles. The number of hydrogen-bond acceptors (Lipinski definition) is 3. The second-order valence-corrected chi connectivity index (χ2v) is 5.68. The summed E-state index contributed by atoms with van der Waals surface area (Å²) in [6, 6.07) is 10.9. The zero-order valence-electron chi connectivity index (χ0n) is 13.3. The van der Waals surface area contributed by atoms with Gasteiger partial charge in [0.05, 0.1) is 5.69 Å². The maximum atomic E-state index is 12.5. The molecule has 1 aliphatic heterocycles. The average Bonchev–Trinajstić information content (AvgIpc) is 2.51. The molecule has 1 aliphatic rings. The van der Waals surface area contributed by atoms with Crippen molar-refractivity contribution in [3.8, 4) is 5.75 Å². The molecule has 1 atom stereocenters. The Hall–Kier alpha value is -2.82. The topological polar surface area (TPSA) is 67.4 Å². The number of rotatable bonds is 2. The molecule has 0 saturated carbocycles. The average molecular weight is 310 g/mol. The third-order valence-electron chi connectivity index (χ3n) is 3.89. The fourth-order valence-corrected chi connectivity index (χ4v) is 2.55. The molecule has 0 radical (unpaired) electrons. The van der Waals surface area contributed by atoms with Crippen LogP contribution >= 0.6 is 0 Å². The lowest BCUT2D eigenvalue weighted by molar-refractivity contribution is -0.122. The molecule has 5 heteroatoms. The first-order valence-corrected chi connectivity index (χ1v) is 7.45. The van der Waals surface area contributed by atoms with Crippen molar-refractivity contribution in [1.82, 2.24) is 0 Å². The van der Waals surface area contributed by atoms with E-state index >= 15 is 0 Å². The monoisotopic (exact) mass is 310 g/mol. The maximum absolute atomic E-state index is 12.5. The summed E-state index contributed by atoms with van der Waals surface area (Å²) >= 11 is 0. The molecule has 5 nitrogen and oxygen atoms in total. The second kappa shape index (κ2) is 5.76. The van der Waals surface area contributed by atoms with Crippen molar-refractivity contribution >= 4 is 23.2 Å². The Labute approximate surface area is 134 Å². The van der Waals surface area contributed by atoms with E-state index in [1.807, 2.05) is 32.0 Å². The van der Waals surface area contributed by atoms with E-state index in [0.29, 0.717) is 17.0 Å². The quantitative estimate of drug-likeness (QED) is 0.894. The minimum Gasteiger partial charge on any atom is -0.479 e. The molecular weight excluding hydrogens is 292 g/mol. The van der Waals surface area contributed by atoms with Gasteiger partial charge in [0.15, 0.2) is 6.10 Å². The summed E-state index contributed by atoms with van der Waals surface area (Å²) in [6.07, 6.45) is -0.531. The fourth-order valence-electron chi connectivity index (χ4n) is 2.55. The Morgan fingerprint density at radius 3 is 2.57 bits per heavy atom. The van der Waals surface area contributed by atoms with Crippen LogP contribution in [0, 0.1) is 13.8 Å². The van der Waals surface area contributed by atoms with E-state index in [0.717, 1.165) is 16.8 Å². The molecule has 1 unspecified atom stereocenters. The Kier molecular flexibility index (Phi) is 3.78. The number of ether oxygens (including phenoxy) is 1. The van der Waals surface area contributed by atoms with Crippen LogP contribution in [-0.2, 0) is 4.79 Å². The summed E-state index contributed by atoms with van der Waals surface area (Å²) in [5, 5.41) is 5.68. The van der Waals surface area contributed by atoms with Crippen LogP contribution in [0.4, 0.5) is 11.4 Å². The molecular formula is C18H18N2O3. The van der Waals surface area contributed by atoms with E-state index in [1.54, 1.807) is 25.1 Å². The number of anilines is 2. The standard InChI is InChI=1S/C18H18N2O3/c1-10-5-4-6-11(2)16(10)20-18(22)13-7-8-15-14(9-13)19-17(21)12(3)23-15/h4-9,12H,1-3H3,(H,19,21)(H,20,22). The van der Waals surface area contributed by atoms with Gasteiger partial charge in [-0.15, -0.1) is 0 Å². The van der Waals surface area contributed by atoms with Crippen molar-refractivity contribution in [3.05, 3.63) is 53.1 Å². The van der Waals surface area contributed by atoms with Crippen LogP contribution < -0.4 is 15.4 Å². The molecule has 2 aromatic carbocycles. The smallest absolute Gasteiger partial charge is 0.265 e. The van der Waals surface area contributed by atoms with Crippen molar-refractivity contribution in [2.45, 2.75) is 26.9 Å². The lowest BCUT2D eigenvalue weighted by Gasteiger charge is -2.23. The normalized spacial score (nSPS) is 16.1. The maximum Gasteiger partial charge on any atom is 0.265 e. The van der Waals surface area contributed by atoms with Gasteiger partial charge in [0.25, 0.3) is 11.8 Å². The van der Waals surface area contributed by atoms with Gasteiger partial charge < -0.3 is 15.4 Å². The first-order valence-electron chi connectivity index (χ1n) is 7.45. The van der Waals surface area contributed by atoms with Crippen molar-refractivity contribution in [2.24, 2.45) is 0 Å². The number of benzene rings is 2. The molecule has 0 fully saturated rings. The first-order chi connectivity index (χ1) is 11.0. The first kappa shape index (κ1) is 15.1. The number of carbonyl (C=O) groups is 2. The highest BCUT2D eigenvalue weighted by Crippen LogP contribution is 2.31. The predicted octanol–water partition coefficient (Wildman–Crippen LogP) is 3.28. The van der Waals surface area contributed by atoms with Crippen LogP contribution in [0.2, 0.25) is 0 Å². The number of amides is 2. The van der Waals surface area contributed by atoms with Gasteiger partial charge in [-0.25, -0.2) is 0 Å². The second-order valence-electron chi connectivity index (χ2n) is 5.68. The Morgan fingerprint density at radius 2 is 1.87 bits per heavy atom. The zero-order valence-corrected chi connectivity index (χ0v) is 13.3. The number of para-hydroxylation sites is 1. The van der Waals surface area contributed by atoms with E-state index in [1.165, 1.54) is 0 Å². The zero-order chi connectivity index (χ0) is 16.6. The van der Waals surface area contributed by atoms with Crippen molar-refractivity contribution < 1.29 is 14.3 Å². The number of carbonyl (C=O) groups excluding carboxylic acids is 2. The minimum atomic E-state index is -0.531. The molecule has 0 aromatic heterocycles.